The van der Waals surface area contributed by atoms with Gasteiger partial charge in [0.15, 0.2) is 10.8 Å². The molecule has 0 radical (unpaired) electrons. The van der Waals surface area contributed by atoms with Gasteiger partial charge in [-0.05, 0) is 31.0 Å². The predicted octanol–water partition coefficient (Wildman–Crippen LogP) is 0.562. The van der Waals surface area contributed by atoms with Gasteiger partial charge in [0.25, 0.3) is 5.84 Å². The molecular weight excluding hydrogens is 340 g/mol. The number of amidine groups is 1. The van der Waals surface area contributed by atoms with E-state index >= 15 is 0 Å². The molecular formula is C18H18ClN4O2+. The summed E-state index contributed by atoms with van der Waals surface area (Å²) in [6, 6.07) is 11.9. The molecule has 1 aromatic rings. The molecule has 2 aliphatic heterocycles. The zero-order valence-electron chi connectivity index (χ0n) is 14.0. The van der Waals surface area contributed by atoms with Crippen LogP contribution < -0.4 is 10.7 Å². The molecule has 1 saturated carbocycles. The summed E-state index contributed by atoms with van der Waals surface area (Å²) in [5.41, 5.74) is 3.67. The van der Waals surface area contributed by atoms with Gasteiger partial charge in [-0.1, -0.05) is 30.7 Å². The number of ether oxygens (including phenoxy) is 2. The summed E-state index contributed by atoms with van der Waals surface area (Å²) >= 11 is 6.20. The second-order valence-electron chi connectivity index (χ2n) is 6.89. The van der Waals surface area contributed by atoms with Crippen LogP contribution in [0.25, 0.3) is 0 Å². The quantitative estimate of drug-likeness (QED) is 0.804. The molecule has 25 heavy (non-hydrogen) atoms. The highest BCUT2D eigenvalue weighted by atomic mass is 35.5. The van der Waals surface area contributed by atoms with E-state index in [9.17, 15) is 10.5 Å². The zero-order chi connectivity index (χ0) is 18.1. The summed E-state index contributed by atoms with van der Waals surface area (Å²) in [7, 11) is 0. The molecule has 1 aromatic carbocycles. The molecule has 128 valence electrons. The van der Waals surface area contributed by atoms with E-state index < -0.39 is 22.2 Å². The van der Waals surface area contributed by atoms with Crippen LogP contribution in [0.4, 0.5) is 0 Å². The van der Waals surface area contributed by atoms with Gasteiger partial charge in [0.05, 0.1) is 30.3 Å². The van der Waals surface area contributed by atoms with Gasteiger partial charge in [-0.15, -0.1) is 0 Å². The van der Waals surface area contributed by atoms with Gasteiger partial charge in [-0.25, -0.2) is 4.99 Å². The molecule has 0 amide bonds. The molecule has 0 bridgehead atoms. The van der Waals surface area contributed by atoms with Gasteiger partial charge in [-0.3, -0.25) is 5.73 Å². The van der Waals surface area contributed by atoms with Crippen LogP contribution in [0.2, 0.25) is 5.02 Å². The smallest absolute Gasteiger partial charge is 0.311 e. The number of nitrogens with two attached hydrogens (primary N) is 1. The van der Waals surface area contributed by atoms with Crippen LogP contribution in [0.3, 0.4) is 0 Å². The van der Waals surface area contributed by atoms with E-state index in [1.165, 1.54) is 0 Å². The fourth-order valence-corrected chi connectivity index (χ4v) is 5.40. The highest BCUT2D eigenvalue weighted by Gasteiger charge is 3.04. The van der Waals surface area contributed by atoms with E-state index in [1.54, 1.807) is 12.1 Å². The highest BCUT2D eigenvalue weighted by molar-refractivity contribution is 6.30. The Morgan fingerprint density at radius 1 is 1.40 bits per heavy atom. The fourth-order valence-electron chi connectivity index (χ4n) is 5.21. The third-order valence-corrected chi connectivity index (χ3v) is 6.28. The van der Waals surface area contributed by atoms with Gasteiger partial charge in [0.2, 0.25) is 0 Å². The highest BCUT2D eigenvalue weighted by Crippen LogP contribution is 2.84. The largest absolute Gasteiger partial charge is 0.344 e. The average molecular weight is 358 g/mol. The van der Waals surface area contributed by atoms with E-state index in [-0.39, 0.29) is 11.9 Å². The number of rotatable bonds is 2. The molecule has 1 saturated heterocycles. The number of benzene rings is 1. The van der Waals surface area contributed by atoms with Crippen molar-refractivity contribution in [1.82, 2.24) is 0 Å². The van der Waals surface area contributed by atoms with Crippen molar-refractivity contribution >= 4 is 17.4 Å². The third-order valence-electron chi connectivity index (χ3n) is 6.05. The first-order valence-electron chi connectivity index (χ1n) is 8.23. The maximum atomic E-state index is 10.3. The van der Waals surface area contributed by atoms with Gasteiger partial charge < -0.3 is 9.47 Å². The summed E-state index contributed by atoms with van der Waals surface area (Å²) in [5.74, 6) is -1.22. The van der Waals surface area contributed by atoms with Crippen LogP contribution in [0.5, 0.6) is 0 Å². The van der Waals surface area contributed by atoms with Crippen LogP contribution in [-0.4, -0.2) is 24.5 Å². The Morgan fingerprint density at radius 2 is 2.16 bits per heavy atom. The van der Waals surface area contributed by atoms with E-state index in [0.29, 0.717) is 18.1 Å². The molecule has 2 heterocycles. The minimum atomic E-state index is -1.43. The first kappa shape index (κ1) is 16.4. The Labute approximate surface area is 150 Å². The number of hydrogen-bond acceptors (Lipinski definition) is 5. The van der Waals surface area contributed by atoms with Crippen molar-refractivity contribution in [1.29, 1.82) is 10.5 Å². The van der Waals surface area contributed by atoms with Gasteiger partial charge in [-0.2, -0.15) is 10.5 Å². The zero-order valence-corrected chi connectivity index (χ0v) is 14.7. The normalized spacial score (nSPS) is 44.0. The Balaban J connectivity index is 2.04. The maximum absolute atomic E-state index is 10.3. The lowest BCUT2D eigenvalue weighted by Gasteiger charge is -2.29. The maximum Gasteiger partial charge on any atom is 0.344 e. The monoisotopic (exact) mass is 357 g/mol. The molecule has 4 rings (SSSR count). The lowest BCUT2D eigenvalue weighted by atomic mass is 9.80. The van der Waals surface area contributed by atoms with E-state index in [4.69, 9.17) is 26.8 Å². The first-order valence-corrected chi connectivity index (χ1v) is 8.60. The standard InChI is InChI=1S/C18H17ClN4O2/c1-3-15(12-5-4-6-13(19)7-12)16(9-20)14(22)23-18(17(15,16)10-21)24-8-11(2)25-18/h4-7,11H,3,8H2,1-2H3,(H2,22,23)/p+1/t11-,15-,16-,17+,18+/m0/s1. The van der Waals surface area contributed by atoms with Crippen molar-refractivity contribution in [3.63, 3.8) is 0 Å². The molecule has 7 heteroatoms. The lowest BCUT2D eigenvalue weighted by molar-refractivity contribution is -0.679. The van der Waals surface area contributed by atoms with Crippen LogP contribution in [-0.2, 0) is 14.9 Å². The van der Waals surface area contributed by atoms with Crippen LogP contribution in [0, 0.1) is 33.5 Å². The Bertz CT molecular complexity index is 890. The van der Waals surface area contributed by atoms with Crippen molar-refractivity contribution in [2.24, 2.45) is 16.6 Å². The summed E-state index contributed by atoms with van der Waals surface area (Å²) < 4.78 is 12.0. The van der Waals surface area contributed by atoms with E-state index in [2.05, 4.69) is 17.1 Å². The van der Waals surface area contributed by atoms with Crippen LogP contribution in [0.15, 0.2) is 24.3 Å². The number of fused-ring (bicyclic) bond motifs is 2. The number of hydrogen-bond donors (Lipinski definition) is 2. The molecule has 3 N–H and O–H groups in total. The van der Waals surface area contributed by atoms with Crippen LogP contribution >= 0.6 is 11.6 Å². The predicted molar refractivity (Wildman–Crippen MR) is 88.9 cm³/mol. The number of nitrogens with one attached hydrogen (secondary N) is 1. The van der Waals surface area contributed by atoms with Crippen molar-refractivity contribution < 1.29 is 14.5 Å². The van der Waals surface area contributed by atoms with Crippen molar-refractivity contribution in [2.45, 2.75) is 37.7 Å². The van der Waals surface area contributed by atoms with Crippen LogP contribution in [0.1, 0.15) is 25.8 Å². The number of halogens is 1. The van der Waals surface area contributed by atoms with Gasteiger partial charge in [0.1, 0.15) is 0 Å². The van der Waals surface area contributed by atoms with Gasteiger partial charge >= 0.3 is 5.91 Å². The third kappa shape index (κ3) is 1.39. The Morgan fingerprint density at radius 3 is 2.68 bits per heavy atom. The molecule has 1 aliphatic carbocycles. The Kier molecular flexibility index (Phi) is 3.10. The van der Waals surface area contributed by atoms with Gasteiger partial charge in [0, 0.05) is 5.02 Å². The molecule has 5 atom stereocenters. The molecule has 2 fully saturated rings. The number of nitrogens with zero attached hydrogens (tertiary/aromatic N) is 2. The summed E-state index contributed by atoms with van der Waals surface area (Å²) in [5, 5.41) is 21.0. The fraction of sp³-hybridized carbons (Fsp3) is 0.500. The van der Waals surface area contributed by atoms with Crippen molar-refractivity contribution in [2.75, 3.05) is 6.61 Å². The first-order chi connectivity index (χ1) is 11.9. The minimum absolute atomic E-state index is 0.213. The topological polar surface area (TPSA) is 106 Å². The Hall–Kier alpha value is -2.12. The summed E-state index contributed by atoms with van der Waals surface area (Å²) in [6.45, 7) is 4.12. The summed E-state index contributed by atoms with van der Waals surface area (Å²) in [6.07, 6.45) is 0.300. The summed E-state index contributed by atoms with van der Waals surface area (Å²) in [4.78, 5) is 2.99. The van der Waals surface area contributed by atoms with E-state index in [1.807, 2.05) is 26.0 Å². The molecule has 0 aromatic heterocycles. The van der Waals surface area contributed by atoms with Crippen molar-refractivity contribution in [3.8, 4) is 12.1 Å². The molecule has 6 nitrogen and oxygen atoms in total. The molecule has 1 spiro atoms. The second-order valence-corrected chi connectivity index (χ2v) is 7.32. The lowest BCUT2D eigenvalue weighted by Crippen LogP contribution is -2.90. The molecule has 3 aliphatic rings. The number of nitriles is 2. The average Bonchev–Trinajstić information content (AvgIpc) is 2.86. The van der Waals surface area contributed by atoms with Crippen molar-refractivity contribution in [3.05, 3.63) is 34.9 Å². The van der Waals surface area contributed by atoms with E-state index in [0.717, 1.165) is 5.56 Å². The molecule has 0 unspecified atom stereocenters. The second kappa shape index (κ2) is 4.74. The SMILES string of the molecule is CC[C@]1(c2cccc(Cl)c2)[C@]2(C#N)C(N)=[NH+][C@@]3(OC[C@H](C)O3)[C@@]21C#N. The minimum Gasteiger partial charge on any atom is -0.311 e.